The van der Waals surface area contributed by atoms with Crippen LogP contribution in [0.4, 0.5) is 5.69 Å². The van der Waals surface area contributed by atoms with Gasteiger partial charge in [-0.15, -0.1) is 0 Å². The van der Waals surface area contributed by atoms with Crippen molar-refractivity contribution in [3.63, 3.8) is 0 Å². The largest absolute Gasteiger partial charge is 0.341 e. The second kappa shape index (κ2) is 9.10. The van der Waals surface area contributed by atoms with Crippen molar-refractivity contribution in [2.45, 2.75) is 13.5 Å². The zero-order chi connectivity index (χ0) is 20.8. The normalized spacial score (nSPS) is 12.0. The molecule has 0 unspecified atom stereocenters. The molecule has 1 heterocycles. The number of aryl methyl sites for hydroxylation is 1. The van der Waals surface area contributed by atoms with Gasteiger partial charge >= 0.3 is 0 Å². The van der Waals surface area contributed by atoms with Crippen LogP contribution in [0.3, 0.4) is 0 Å². The molecular weight excluding hydrogens is 366 g/mol. The van der Waals surface area contributed by atoms with Crippen molar-refractivity contribution in [1.29, 1.82) is 0 Å². The third-order valence-corrected chi connectivity index (χ3v) is 5.05. The SMILES string of the molecule is C=CC=CC=CN(N=Cc1ccc2c(c1)c1ccccc1n2CC)c1ccccc1. The van der Waals surface area contributed by atoms with E-state index in [0.29, 0.717) is 0 Å². The number of allylic oxidation sites excluding steroid dienone is 4. The summed E-state index contributed by atoms with van der Waals surface area (Å²) in [6.45, 7) is 6.83. The maximum Gasteiger partial charge on any atom is 0.0645 e. The summed E-state index contributed by atoms with van der Waals surface area (Å²) in [7, 11) is 0. The Hall–Kier alpha value is -3.85. The molecule has 4 rings (SSSR count). The van der Waals surface area contributed by atoms with Crippen LogP contribution in [0.5, 0.6) is 0 Å². The summed E-state index contributed by atoms with van der Waals surface area (Å²) in [4.78, 5) is 0. The van der Waals surface area contributed by atoms with Crippen LogP contribution in [-0.2, 0) is 6.54 Å². The number of rotatable bonds is 7. The third-order valence-electron chi connectivity index (χ3n) is 5.05. The lowest BCUT2D eigenvalue weighted by molar-refractivity contribution is 0.827. The van der Waals surface area contributed by atoms with Crippen molar-refractivity contribution < 1.29 is 0 Å². The van der Waals surface area contributed by atoms with Crippen LogP contribution in [0.25, 0.3) is 21.8 Å². The summed E-state index contributed by atoms with van der Waals surface area (Å²) < 4.78 is 2.36. The Bertz CT molecular complexity index is 1240. The van der Waals surface area contributed by atoms with E-state index in [2.05, 4.69) is 60.5 Å². The van der Waals surface area contributed by atoms with E-state index in [-0.39, 0.29) is 0 Å². The monoisotopic (exact) mass is 391 g/mol. The first-order valence-electron chi connectivity index (χ1n) is 10.2. The van der Waals surface area contributed by atoms with Gasteiger partial charge < -0.3 is 4.57 Å². The van der Waals surface area contributed by atoms with Gasteiger partial charge in [-0.1, -0.05) is 67.3 Å². The topological polar surface area (TPSA) is 20.5 Å². The van der Waals surface area contributed by atoms with E-state index in [1.54, 1.807) is 6.08 Å². The molecule has 1 aromatic heterocycles. The van der Waals surface area contributed by atoms with Crippen LogP contribution in [0.15, 0.2) is 115 Å². The molecule has 148 valence electrons. The Balaban J connectivity index is 1.71. The maximum atomic E-state index is 4.73. The molecule has 0 radical (unpaired) electrons. The first-order valence-corrected chi connectivity index (χ1v) is 10.2. The van der Waals surface area contributed by atoms with E-state index in [9.17, 15) is 0 Å². The molecule has 0 fully saturated rings. The van der Waals surface area contributed by atoms with Gasteiger partial charge in [-0.2, -0.15) is 5.10 Å². The lowest BCUT2D eigenvalue weighted by Gasteiger charge is -2.13. The second-order valence-electron chi connectivity index (χ2n) is 6.92. The average Bonchev–Trinajstić information content (AvgIpc) is 3.12. The minimum absolute atomic E-state index is 0.947. The molecule has 0 aliphatic rings. The fraction of sp³-hybridized carbons (Fsp3) is 0.0741. The molecule has 0 saturated carbocycles. The Kier molecular flexibility index (Phi) is 5.90. The highest BCUT2D eigenvalue weighted by atomic mass is 15.4. The quantitative estimate of drug-likeness (QED) is 0.190. The Labute approximate surface area is 177 Å². The second-order valence-corrected chi connectivity index (χ2v) is 6.92. The number of hydrogen-bond donors (Lipinski definition) is 0. The molecular formula is C27H25N3. The van der Waals surface area contributed by atoms with E-state index >= 15 is 0 Å². The summed E-state index contributed by atoms with van der Waals surface area (Å²) in [5.74, 6) is 0. The van der Waals surface area contributed by atoms with Crippen molar-refractivity contribution in [3.05, 3.63) is 115 Å². The summed E-state index contributed by atoms with van der Waals surface area (Å²) in [6, 6.07) is 25.2. The van der Waals surface area contributed by atoms with Crippen molar-refractivity contribution in [2.24, 2.45) is 5.10 Å². The number of benzene rings is 3. The molecule has 30 heavy (non-hydrogen) atoms. The molecule has 0 aliphatic carbocycles. The van der Waals surface area contributed by atoms with Crippen LogP contribution in [0.2, 0.25) is 0 Å². The first kappa shape index (κ1) is 19.5. The summed E-state index contributed by atoms with van der Waals surface area (Å²) in [6.07, 6.45) is 11.4. The van der Waals surface area contributed by atoms with Crippen molar-refractivity contribution in [3.8, 4) is 0 Å². The summed E-state index contributed by atoms with van der Waals surface area (Å²) in [5.41, 5.74) is 4.59. The van der Waals surface area contributed by atoms with Gasteiger partial charge in [0.1, 0.15) is 0 Å². The zero-order valence-corrected chi connectivity index (χ0v) is 17.1. The fourth-order valence-electron chi connectivity index (χ4n) is 3.67. The fourth-order valence-corrected chi connectivity index (χ4v) is 3.67. The number of anilines is 1. The molecule has 0 spiro atoms. The van der Waals surface area contributed by atoms with Gasteiger partial charge in [-0.25, -0.2) is 5.01 Å². The van der Waals surface area contributed by atoms with Crippen molar-refractivity contribution in [1.82, 2.24) is 4.57 Å². The summed E-state index contributed by atoms with van der Waals surface area (Å²) in [5, 5.41) is 9.13. The van der Waals surface area contributed by atoms with Gasteiger partial charge in [0.05, 0.1) is 11.9 Å². The Morgan fingerprint density at radius 2 is 1.63 bits per heavy atom. The van der Waals surface area contributed by atoms with E-state index in [4.69, 9.17) is 5.10 Å². The predicted octanol–water partition coefficient (Wildman–Crippen LogP) is 6.91. The number of para-hydroxylation sites is 2. The van der Waals surface area contributed by atoms with Gasteiger partial charge in [-0.05, 0) is 48.9 Å². The van der Waals surface area contributed by atoms with Crippen molar-refractivity contribution >= 4 is 33.7 Å². The molecule has 3 nitrogen and oxygen atoms in total. The van der Waals surface area contributed by atoms with E-state index in [1.165, 1.54) is 21.8 Å². The van der Waals surface area contributed by atoms with Crippen LogP contribution < -0.4 is 5.01 Å². The summed E-state index contributed by atoms with van der Waals surface area (Å²) >= 11 is 0. The molecule has 0 saturated heterocycles. The highest BCUT2D eigenvalue weighted by Crippen LogP contribution is 2.29. The number of hydrogen-bond acceptors (Lipinski definition) is 2. The van der Waals surface area contributed by atoms with E-state index in [0.717, 1.165) is 17.8 Å². The molecule has 0 bridgehead atoms. The highest BCUT2D eigenvalue weighted by Gasteiger charge is 2.09. The third kappa shape index (κ3) is 3.96. The number of hydrazone groups is 1. The molecule has 0 amide bonds. The van der Waals surface area contributed by atoms with E-state index in [1.807, 2.05) is 66.0 Å². The first-order chi connectivity index (χ1) is 14.8. The van der Waals surface area contributed by atoms with Gasteiger partial charge in [0.2, 0.25) is 0 Å². The number of nitrogens with zero attached hydrogens (tertiary/aromatic N) is 3. The average molecular weight is 392 g/mol. The lowest BCUT2D eigenvalue weighted by atomic mass is 10.1. The maximum absolute atomic E-state index is 4.73. The molecule has 4 aromatic rings. The molecule has 0 N–H and O–H groups in total. The van der Waals surface area contributed by atoms with Gasteiger partial charge in [0, 0.05) is 34.6 Å². The number of fused-ring (bicyclic) bond motifs is 3. The minimum Gasteiger partial charge on any atom is -0.341 e. The minimum atomic E-state index is 0.947. The van der Waals surface area contributed by atoms with Gasteiger partial charge in [0.25, 0.3) is 0 Å². The smallest absolute Gasteiger partial charge is 0.0645 e. The molecule has 0 atom stereocenters. The number of aromatic nitrogens is 1. The Morgan fingerprint density at radius 3 is 2.43 bits per heavy atom. The van der Waals surface area contributed by atoms with Crippen LogP contribution in [0.1, 0.15) is 12.5 Å². The molecule has 3 heteroatoms. The highest BCUT2D eigenvalue weighted by molar-refractivity contribution is 6.09. The standard InChI is InChI=1S/C27H25N3/c1-3-5-6-12-19-30(23-13-8-7-9-14-23)28-21-22-17-18-27-25(20-22)24-15-10-11-16-26(24)29(27)4-2/h3,5-21H,1,4H2,2H3. The lowest BCUT2D eigenvalue weighted by Crippen LogP contribution is -2.07. The zero-order valence-electron chi connectivity index (χ0n) is 17.1. The van der Waals surface area contributed by atoms with Crippen molar-refractivity contribution in [2.75, 3.05) is 5.01 Å². The predicted molar refractivity (Wildman–Crippen MR) is 130 cm³/mol. The van der Waals surface area contributed by atoms with Crippen LogP contribution >= 0.6 is 0 Å². The molecule has 0 aliphatic heterocycles. The van der Waals surface area contributed by atoms with Crippen LogP contribution in [-0.4, -0.2) is 10.8 Å². The van der Waals surface area contributed by atoms with Crippen LogP contribution in [0, 0.1) is 0 Å². The van der Waals surface area contributed by atoms with E-state index < -0.39 is 0 Å². The Morgan fingerprint density at radius 1 is 0.867 bits per heavy atom. The van der Waals surface area contributed by atoms with Gasteiger partial charge in [-0.3, -0.25) is 0 Å². The van der Waals surface area contributed by atoms with Gasteiger partial charge in [0.15, 0.2) is 0 Å². The molecule has 3 aromatic carbocycles.